The van der Waals surface area contributed by atoms with Gasteiger partial charge in [0.25, 0.3) is 0 Å². The van der Waals surface area contributed by atoms with E-state index < -0.39 is 0 Å². The van der Waals surface area contributed by atoms with Crippen LogP contribution >= 0.6 is 11.8 Å². The maximum atomic E-state index is 12.0. The fourth-order valence-electron chi connectivity index (χ4n) is 2.46. The van der Waals surface area contributed by atoms with Gasteiger partial charge in [-0.05, 0) is 43.4 Å². The van der Waals surface area contributed by atoms with Gasteiger partial charge < -0.3 is 10.2 Å². The van der Waals surface area contributed by atoms with Crippen LogP contribution in [0.5, 0.6) is 0 Å². The molecule has 0 bridgehead atoms. The first-order valence-electron chi connectivity index (χ1n) is 7.54. The zero-order valence-corrected chi connectivity index (χ0v) is 12.6. The van der Waals surface area contributed by atoms with E-state index in [1.54, 1.807) is 11.8 Å². The first-order chi connectivity index (χ1) is 9.81. The van der Waals surface area contributed by atoms with Crippen molar-refractivity contribution in [2.24, 2.45) is 0 Å². The molecule has 108 valence electrons. The van der Waals surface area contributed by atoms with Crippen LogP contribution in [0.1, 0.15) is 31.2 Å². The number of nitrogens with one attached hydrogen (secondary N) is 1. The molecule has 3 nitrogen and oxygen atoms in total. The second kappa shape index (κ2) is 6.64. The lowest BCUT2D eigenvalue weighted by atomic mass is 10.2. The normalized spacial score (nSPS) is 18.5. The van der Waals surface area contributed by atoms with Gasteiger partial charge in [-0.3, -0.25) is 4.79 Å². The number of hydrogen-bond acceptors (Lipinski definition) is 3. The Labute approximate surface area is 125 Å². The lowest BCUT2D eigenvalue weighted by Gasteiger charge is -2.14. The van der Waals surface area contributed by atoms with Gasteiger partial charge in [-0.2, -0.15) is 0 Å². The maximum Gasteiger partial charge on any atom is 0.232 e. The van der Waals surface area contributed by atoms with Crippen LogP contribution in [0.2, 0.25) is 0 Å². The van der Waals surface area contributed by atoms with E-state index in [0.717, 1.165) is 25.7 Å². The zero-order chi connectivity index (χ0) is 13.8. The molecule has 0 atom stereocenters. The van der Waals surface area contributed by atoms with Crippen LogP contribution in [0.4, 0.5) is 0 Å². The minimum absolute atomic E-state index is 0.284. The van der Waals surface area contributed by atoms with E-state index in [1.807, 2.05) is 4.90 Å². The van der Waals surface area contributed by atoms with Crippen LogP contribution in [-0.2, 0) is 11.3 Å². The molecule has 1 aliphatic heterocycles. The molecule has 1 saturated heterocycles. The molecule has 1 saturated carbocycles. The summed E-state index contributed by atoms with van der Waals surface area (Å²) in [5.41, 5.74) is 1.33. The average Bonchev–Trinajstić information content (AvgIpc) is 3.15. The molecule has 1 heterocycles. The summed E-state index contributed by atoms with van der Waals surface area (Å²) >= 11 is 1.65. The summed E-state index contributed by atoms with van der Waals surface area (Å²) in [7, 11) is 0. The molecular formula is C16H22N2OS. The Morgan fingerprint density at radius 2 is 1.90 bits per heavy atom. The molecule has 1 aromatic carbocycles. The smallest absolute Gasteiger partial charge is 0.232 e. The number of rotatable bonds is 6. The zero-order valence-electron chi connectivity index (χ0n) is 11.8. The predicted octanol–water partition coefficient (Wildman–Crippen LogP) is 2.65. The molecule has 1 aliphatic carbocycles. The molecular weight excluding hydrogens is 268 g/mol. The van der Waals surface area contributed by atoms with Crippen LogP contribution < -0.4 is 5.32 Å². The van der Waals surface area contributed by atoms with Crippen LogP contribution in [0, 0.1) is 0 Å². The van der Waals surface area contributed by atoms with E-state index in [0.29, 0.717) is 5.75 Å². The van der Waals surface area contributed by atoms with Crippen molar-refractivity contribution < 1.29 is 4.79 Å². The molecule has 20 heavy (non-hydrogen) atoms. The summed E-state index contributed by atoms with van der Waals surface area (Å²) in [6.45, 7) is 2.86. The molecule has 0 spiro atoms. The highest BCUT2D eigenvalue weighted by atomic mass is 32.2. The van der Waals surface area contributed by atoms with E-state index in [4.69, 9.17) is 0 Å². The van der Waals surface area contributed by atoms with Gasteiger partial charge in [0.1, 0.15) is 0 Å². The van der Waals surface area contributed by atoms with Gasteiger partial charge in [0.2, 0.25) is 5.91 Å². The third-order valence-corrected chi connectivity index (χ3v) is 4.91. The summed E-state index contributed by atoms with van der Waals surface area (Å²) in [5, 5.41) is 3.51. The summed E-state index contributed by atoms with van der Waals surface area (Å²) in [6, 6.07) is 9.34. The van der Waals surface area contributed by atoms with Gasteiger partial charge in [0, 0.05) is 30.6 Å². The molecule has 2 aliphatic rings. The van der Waals surface area contributed by atoms with E-state index in [-0.39, 0.29) is 5.91 Å². The molecule has 1 aromatic rings. The minimum atomic E-state index is 0.284. The Bertz CT molecular complexity index is 450. The summed E-state index contributed by atoms with van der Waals surface area (Å²) in [4.78, 5) is 15.1. The van der Waals surface area contributed by atoms with Crippen molar-refractivity contribution in [2.75, 3.05) is 18.8 Å². The Morgan fingerprint density at radius 3 is 2.55 bits per heavy atom. The molecule has 2 fully saturated rings. The van der Waals surface area contributed by atoms with Crippen molar-refractivity contribution in [3.05, 3.63) is 29.8 Å². The molecule has 0 aromatic heterocycles. The first-order valence-corrected chi connectivity index (χ1v) is 8.53. The quantitative estimate of drug-likeness (QED) is 0.818. The fourth-order valence-corrected chi connectivity index (χ4v) is 3.26. The first kappa shape index (κ1) is 14.0. The Hall–Kier alpha value is -1.00. The van der Waals surface area contributed by atoms with E-state index >= 15 is 0 Å². The van der Waals surface area contributed by atoms with E-state index in [1.165, 1.54) is 36.1 Å². The van der Waals surface area contributed by atoms with E-state index in [9.17, 15) is 4.79 Å². The van der Waals surface area contributed by atoms with Crippen LogP contribution in [0.25, 0.3) is 0 Å². The maximum absolute atomic E-state index is 12.0. The Balaban J connectivity index is 1.43. The lowest BCUT2D eigenvalue weighted by Crippen LogP contribution is -2.29. The van der Waals surface area contributed by atoms with Gasteiger partial charge in [-0.1, -0.05) is 12.1 Å². The highest BCUT2D eigenvalue weighted by Crippen LogP contribution is 2.22. The summed E-state index contributed by atoms with van der Waals surface area (Å²) in [6.07, 6.45) is 4.98. The number of likely N-dealkylation sites (tertiary alicyclic amines) is 1. The van der Waals surface area contributed by atoms with Gasteiger partial charge in [0.15, 0.2) is 0 Å². The van der Waals surface area contributed by atoms with Crippen molar-refractivity contribution >= 4 is 17.7 Å². The monoisotopic (exact) mass is 290 g/mol. The Kier molecular flexibility index (Phi) is 4.63. The van der Waals surface area contributed by atoms with Crippen molar-refractivity contribution in [2.45, 2.75) is 43.2 Å². The van der Waals surface area contributed by atoms with Crippen molar-refractivity contribution in [3.8, 4) is 0 Å². The predicted molar refractivity (Wildman–Crippen MR) is 82.8 cm³/mol. The third-order valence-electron chi connectivity index (χ3n) is 3.92. The molecule has 4 heteroatoms. The molecule has 0 radical (unpaired) electrons. The highest BCUT2D eigenvalue weighted by Gasteiger charge is 2.20. The standard InChI is InChI=1S/C16H22N2OS/c19-16(18-9-1-2-10-18)12-20-15-7-3-13(4-8-15)11-17-14-5-6-14/h3-4,7-8,14,17H,1-2,5-6,9-12H2. The molecule has 3 rings (SSSR count). The number of thioether (sulfide) groups is 1. The lowest BCUT2D eigenvalue weighted by molar-refractivity contribution is -0.127. The van der Waals surface area contributed by atoms with E-state index in [2.05, 4.69) is 29.6 Å². The van der Waals surface area contributed by atoms with Gasteiger partial charge in [-0.25, -0.2) is 0 Å². The third kappa shape index (κ3) is 4.00. The van der Waals surface area contributed by atoms with Gasteiger partial charge in [-0.15, -0.1) is 11.8 Å². The number of hydrogen-bond donors (Lipinski definition) is 1. The molecule has 0 unspecified atom stereocenters. The highest BCUT2D eigenvalue weighted by molar-refractivity contribution is 8.00. The van der Waals surface area contributed by atoms with Gasteiger partial charge >= 0.3 is 0 Å². The van der Waals surface area contributed by atoms with Crippen LogP contribution in [0.15, 0.2) is 29.2 Å². The summed E-state index contributed by atoms with van der Waals surface area (Å²) in [5.74, 6) is 0.853. The minimum Gasteiger partial charge on any atom is -0.342 e. The van der Waals surface area contributed by atoms with Crippen LogP contribution in [0.3, 0.4) is 0 Å². The number of nitrogens with zero attached hydrogens (tertiary/aromatic N) is 1. The number of benzene rings is 1. The number of carbonyl (C=O) groups is 1. The molecule has 1 N–H and O–H groups in total. The second-order valence-electron chi connectivity index (χ2n) is 5.68. The Morgan fingerprint density at radius 1 is 1.20 bits per heavy atom. The topological polar surface area (TPSA) is 32.3 Å². The number of amides is 1. The summed E-state index contributed by atoms with van der Waals surface area (Å²) < 4.78 is 0. The van der Waals surface area contributed by atoms with Crippen molar-refractivity contribution in [3.63, 3.8) is 0 Å². The van der Waals surface area contributed by atoms with Crippen LogP contribution in [-0.4, -0.2) is 35.7 Å². The number of carbonyl (C=O) groups excluding carboxylic acids is 1. The average molecular weight is 290 g/mol. The van der Waals surface area contributed by atoms with Crippen molar-refractivity contribution in [1.29, 1.82) is 0 Å². The largest absolute Gasteiger partial charge is 0.342 e. The second-order valence-corrected chi connectivity index (χ2v) is 6.72. The fraction of sp³-hybridized carbons (Fsp3) is 0.562. The van der Waals surface area contributed by atoms with Gasteiger partial charge in [0.05, 0.1) is 5.75 Å². The van der Waals surface area contributed by atoms with Crippen molar-refractivity contribution in [1.82, 2.24) is 10.2 Å². The molecule has 1 amide bonds. The SMILES string of the molecule is O=C(CSc1ccc(CNC2CC2)cc1)N1CCCC1.